The molecule has 28 heavy (non-hydrogen) atoms. The first-order valence-electron chi connectivity index (χ1n) is 8.46. The van der Waals surface area contributed by atoms with Crippen LogP contribution in [0.25, 0.3) is 11.1 Å². The Morgan fingerprint density at radius 2 is 1.14 bits per heavy atom. The third-order valence-corrected chi connectivity index (χ3v) is 6.09. The first kappa shape index (κ1) is 22.7. The molecule has 0 saturated heterocycles. The van der Waals surface area contributed by atoms with E-state index in [0.29, 0.717) is 58.5 Å². The first-order valence-corrected chi connectivity index (χ1v) is 10.6. The topological polar surface area (TPSA) is 71.1 Å². The van der Waals surface area contributed by atoms with Crippen LogP contribution >= 0.6 is 45.2 Å². The van der Waals surface area contributed by atoms with E-state index in [1.165, 1.54) is 14.2 Å². The zero-order valence-electron chi connectivity index (χ0n) is 15.9. The second kappa shape index (κ2) is 10.3. The molecule has 0 atom stereocenters. The van der Waals surface area contributed by atoms with E-state index in [1.54, 1.807) is 12.1 Å². The molecular formula is C20H20I2O6. The summed E-state index contributed by atoms with van der Waals surface area (Å²) in [6.45, 7) is 4.40. The van der Waals surface area contributed by atoms with Crippen molar-refractivity contribution in [1.29, 1.82) is 0 Å². The quantitative estimate of drug-likeness (QED) is 0.294. The summed E-state index contributed by atoms with van der Waals surface area (Å²) in [6.07, 6.45) is 1.45. The SMILES string of the molecule is CCOc1c(C=O)cc(OC)c(I)c1-c1c(I)c(OC)cc(C=O)c1OCC. The molecular weight excluding hydrogens is 590 g/mol. The van der Waals surface area contributed by atoms with Gasteiger partial charge in [-0.2, -0.15) is 0 Å². The predicted octanol–water partition coefficient (Wildman–Crippen LogP) is 5.00. The van der Waals surface area contributed by atoms with Crippen LogP contribution in [-0.4, -0.2) is 40.0 Å². The maximum atomic E-state index is 11.8. The molecule has 0 saturated carbocycles. The highest BCUT2D eigenvalue weighted by Gasteiger charge is 2.28. The van der Waals surface area contributed by atoms with Gasteiger partial charge in [-0.25, -0.2) is 0 Å². The molecule has 8 heteroatoms. The number of ether oxygens (including phenoxy) is 4. The fourth-order valence-corrected chi connectivity index (χ4v) is 4.57. The molecule has 0 aliphatic carbocycles. The van der Waals surface area contributed by atoms with Crippen LogP contribution < -0.4 is 18.9 Å². The van der Waals surface area contributed by atoms with Crippen LogP contribution in [0, 0.1) is 7.14 Å². The molecule has 0 radical (unpaired) electrons. The average molecular weight is 610 g/mol. The van der Waals surface area contributed by atoms with Gasteiger partial charge in [-0.15, -0.1) is 0 Å². The number of rotatable bonds is 9. The Labute approximate surface area is 191 Å². The predicted molar refractivity (Wildman–Crippen MR) is 124 cm³/mol. The van der Waals surface area contributed by atoms with Crippen molar-refractivity contribution in [3.8, 4) is 34.1 Å². The van der Waals surface area contributed by atoms with Crippen molar-refractivity contribution in [2.75, 3.05) is 27.4 Å². The van der Waals surface area contributed by atoms with Gasteiger partial charge in [0, 0.05) is 11.1 Å². The zero-order valence-corrected chi connectivity index (χ0v) is 20.2. The highest BCUT2D eigenvalue weighted by molar-refractivity contribution is 14.1. The fraction of sp³-hybridized carbons (Fsp3) is 0.300. The third-order valence-electron chi connectivity index (χ3n) is 3.94. The Hall–Kier alpha value is -1.56. The normalized spacial score (nSPS) is 10.4. The summed E-state index contributed by atoms with van der Waals surface area (Å²) in [5.74, 6) is 1.86. The number of hydrogen-bond donors (Lipinski definition) is 0. The lowest BCUT2D eigenvalue weighted by Crippen LogP contribution is -2.07. The molecule has 0 amide bonds. The van der Waals surface area contributed by atoms with Gasteiger partial charge in [-0.1, -0.05) is 0 Å². The summed E-state index contributed by atoms with van der Waals surface area (Å²) in [5, 5.41) is 0. The van der Waals surface area contributed by atoms with Crippen molar-refractivity contribution < 1.29 is 28.5 Å². The van der Waals surface area contributed by atoms with Gasteiger partial charge in [0.15, 0.2) is 12.6 Å². The van der Waals surface area contributed by atoms with Crippen molar-refractivity contribution in [1.82, 2.24) is 0 Å². The minimum absolute atomic E-state index is 0.350. The van der Waals surface area contributed by atoms with Crippen molar-refractivity contribution in [3.05, 3.63) is 30.4 Å². The zero-order chi connectivity index (χ0) is 20.8. The lowest BCUT2D eigenvalue weighted by Gasteiger charge is -2.22. The Bertz CT molecular complexity index is 822. The van der Waals surface area contributed by atoms with Crippen LogP contribution in [0.3, 0.4) is 0 Å². The van der Waals surface area contributed by atoms with Crippen molar-refractivity contribution in [2.24, 2.45) is 0 Å². The largest absolute Gasteiger partial charge is 0.496 e. The van der Waals surface area contributed by atoms with Crippen LogP contribution in [0.2, 0.25) is 0 Å². The number of benzene rings is 2. The Kier molecular flexibility index (Phi) is 8.35. The third kappa shape index (κ3) is 4.22. The monoisotopic (exact) mass is 610 g/mol. The standard InChI is InChI=1S/C20H20I2O6/c1-5-27-19-11(9-23)7-13(25-3)17(21)15(19)16-18(22)14(26-4)8-12(10-24)20(16)28-6-2/h7-10H,5-6H2,1-4H3. The summed E-state index contributed by atoms with van der Waals surface area (Å²) < 4.78 is 24.1. The smallest absolute Gasteiger partial charge is 0.153 e. The second-order valence-electron chi connectivity index (χ2n) is 5.47. The number of carbonyl (C=O) groups excluding carboxylic acids is 2. The van der Waals surface area contributed by atoms with Crippen molar-refractivity contribution >= 4 is 57.8 Å². The van der Waals surface area contributed by atoms with Crippen molar-refractivity contribution in [3.63, 3.8) is 0 Å². The minimum atomic E-state index is 0.350. The number of methoxy groups -OCH3 is 2. The molecule has 0 fully saturated rings. The lowest BCUT2D eigenvalue weighted by molar-refractivity contribution is 0.111. The number of carbonyl (C=O) groups is 2. The van der Waals surface area contributed by atoms with Gasteiger partial charge in [-0.3, -0.25) is 9.59 Å². The van der Waals surface area contributed by atoms with E-state index >= 15 is 0 Å². The molecule has 0 aliphatic rings. The van der Waals surface area contributed by atoms with Crippen LogP contribution in [0.4, 0.5) is 0 Å². The Balaban J connectivity index is 3.08. The minimum Gasteiger partial charge on any atom is -0.496 e. The molecule has 0 aliphatic heterocycles. The molecule has 0 aromatic heterocycles. The van der Waals surface area contributed by atoms with Crippen molar-refractivity contribution in [2.45, 2.75) is 13.8 Å². The van der Waals surface area contributed by atoms with Gasteiger partial charge in [0.25, 0.3) is 0 Å². The summed E-state index contributed by atoms with van der Waals surface area (Å²) in [6, 6.07) is 3.27. The Morgan fingerprint density at radius 3 is 1.39 bits per heavy atom. The first-order chi connectivity index (χ1) is 13.5. The van der Waals surface area contributed by atoms with Gasteiger partial charge in [0.1, 0.15) is 23.0 Å². The van der Waals surface area contributed by atoms with E-state index in [2.05, 4.69) is 45.2 Å². The average Bonchev–Trinajstić information content (AvgIpc) is 2.70. The highest BCUT2D eigenvalue weighted by Crippen LogP contribution is 2.49. The van der Waals surface area contributed by atoms with E-state index < -0.39 is 0 Å². The van der Waals surface area contributed by atoms with Gasteiger partial charge in [-0.05, 0) is 71.2 Å². The van der Waals surface area contributed by atoms with E-state index in [-0.39, 0.29) is 0 Å². The molecule has 0 unspecified atom stereocenters. The molecule has 150 valence electrons. The maximum absolute atomic E-state index is 11.8. The molecule has 0 spiro atoms. The number of hydrogen-bond acceptors (Lipinski definition) is 6. The Morgan fingerprint density at radius 1 is 0.786 bits per heavy atom. The summed E-state index contributed by atoms with van der Waals surface area (Å²) in [5.41, 5.74) is 1.95. The highest BCUT2D eigenvalue weighted by atomic mass is 127. The van der Waals surface area contributed by atoms with E-state index in [0.717, 1.165) is 19.7 Å². The van der Waals surface area contributed by atoms with Gasteiger partial charge in [0.05, 0.1) is 45.7 Å². The van der Waals surface area contributed by atoms with Crippen LogP contribution in [0.1, 0.15) is 34.6 Å². The fourth-order valence-electron chi connectivity index (χ4n) is 2.79. The number of aldehydes is 2. The van der Waals surface area contributed by atoms with Crippen LogP contribution in [-0.2, 0) is 0 Å². The van der Waals surface area contributed by atoms with E-state index in [4.69, 9.17) is 18.9 Å². The molecule has 6 nitrogen and oxygen atoms in total. The summed E-state index contributed by atoms with van der Waals surface area (Å²) >= 11 is 4.29. The molecule has 0 N–H and O–H groups in total. The van der Waals surface area contributed by atoms with Crippen LogP contribution in [0.15, 0.2) is 12.1 Å². The molecule has 2 aromatic rings. The number of halogens is 2. The molecule has 2 rings (SSSR count). The maximum Gasteiger partial charge on any atom is 0.153 e. The van der Waals surface area contributed by atoms with Crippen LogP contribution in [0.5, 0.6) is 23.0 Å². The molecule has 0 bridgehead atoms. The van der Waals surface area contributed by atoms with E-state index in [9.17, 15) is 9.59 Å². The van der Waals surface area contributed by atoms with Gasteiger partial charge >= 0.3 is 0 Å². The summed E-state index contributed by atoms with van der Waals surface area (Å²) in [7, 11) is 3.07. The summed E-state index contributed by atoms with van der Waals surface area (Å²) in [4.78, 5) is 23.5. The molecule has 2 aromatic carbocycles. The second-order valence-corrected chi connectivity index (χ2v) is 7.63. The van der Waals surface area contributed by atoms with Gasteiger partial charge < -0.3 is 18.9 Å². The van der Waals surface area contributed by atoms with Gasteiger partial charge in [0.2, 0.25) is 0 Å². The lowest BCUT2D eigenvalue weighted by atomic mass is 9.97. The van der Waals surface area contributed by atoms with E-state index in [1.807, 2.05) is 13.8 Å². The molecule has 0 heterocycles.